The van der Waals surface area contributed by atoms with Gasteiger partial charge in [0.05, 0.1) is 19.3 Å². The van der Waals surface area contributed by atoms with Gasteiger partial charge in [0.1, 0.15) is 23.7 Å². The van der Waals surface area contributed by atoms with Crippen LogP contribution in [0.1, 0.15) is 30.9 Å². The molecule has 30 heavy (non-hydrogen) atoms. The second-order valence-electron chi connectivity index (χ2n) is 7.52. The molecule has 0 spiro atoms. The molecule has 5 atom stereocenters. The molecule has 0 bridgehead atoms. The molecule has 0 saturated carbocycles. The quantitative estimate of drug-likeness (QED) is 0.405. The van der Waals surface area contributed by atoms with Gasteiger partial charge in [0.25, 0.3) is 0 Å². The fourth-order valence-electron chi connectivity index (χ4n) is 3.50. The van der Waals surface area contributed by atoms with Crippen LogP contribution in [0.3, 0.4) is 0 Å². The van der Waals surface area contributed by atoms with E-state index in [1.807, 2.05) is 73.7 Å². The van der Waals surface area contributed by atoms with Crippen molar-refractivity contribution in [1.82, 2.24) is 0 Å². The summed E-state index contributed by atoms with van der Waals surface area (Å²) in [6.45, 7) is 6.60. The first-order valence-corrected chi connectivity index (χ1v) is 11.6. The van der Waals surface area contributed by atoms with E-state index in [1.54, 1.807) is 11.8 Å². The summed E-state index contributed by atoms with van der Waals surface area (Å²) in [4.78, 5) is 0. The van der Waals surface area contributed by atoms with E-state index in [-0.39, 0.29) is 11.5 Å². The van der Waals surface area contributed by atoms with Crippen molar-refractivity contribution in [2.75, 3.05) is 5.75 Å². The number of unbranched alkanes of at least 4 members (excludes halogenated alkanes) is 1. The highest BCUT2D eigenvalue weighted by Crippen LogP contribution is 2.33. The summed E-state index contributed by atoms with van der Waals surface area (Å²) in [5.74, 6) is 0.927. The summed E-state index contributed by atoms with van der Waals surface area (Å²) in [6, 6.07) is 20.0. The van der Waals surface area contributed by atoms with E-state index >= 15 is 0 Å². The summed E-state index contributed by atoms with van der Waals surface area (Å²) in [5.41, 5.74) is 1.90. The summed E-state index contributed by atoms with van der Waals surface area (Å²) in [6.07, 6.45) is 2.02. The van der Waals surface area contributed by atoms with Gasteiger partial charge in [-0.2, -0.15) is 0 Å². The van der Waals surface area contributed by atoms with Crippen LogP contribution in [-0.4, -0.2) is 40.7 Å². The Morgan fingerprint density at radius 2 is 1.53 bits per heavy atom. The minimum absolute atomic E-state index is 0.225. The number of aliphatic hydroxyl groups is 1. The normalized spacial score (nSPS) is 26.4. The van der Waals surface area contributed by atoms with Crippen LogP contribution < -0.4 is 0 Å². The predicted molar refractivity (Wildman–Crippen MR) is 122 cm³/mol. The molecule has 0 unspecified atom stereocenters. The molecule has 0 radical (unpaired) electrons. The van der Waals surface area contributed by atoms with E-state index in [0.29, 0.717) is 13.2 Å². The van der Waals surface area contributed by atoms with Gasteiger partial charge in [0, 0.05) is 0 Å². The molecular formula is C25H32O4S. The molecule has 162 valence electrons. The molecule has 1 aliphatic heterocycles. The third-order valence-corrected chi connectivity index (χ3v) is 6.39. The molecule has 1 N–H and O–H groups in total. The standard InChI is InChI=1S/C25H32O4S/c1-3-4-11-16-30-25-24(28-18-21-14-9-6-10-15-21)22(26)23(19(2)29-25)27-17-20-12-7-5-8-13-20/h3,5-10,12-15,19,22-26H,1,4,11,16-18H2,2H3/t19-,22+,23-,24+,25-/m0/s1. The highest BCUT2D eigenvalue weighted by molar-refractivity contribution is 7.99. The smallest absolute Gasteiger partial charge is 0.132 e. The van der Waals surface area contributed by atoms with Gasteiger partial charge in [-0.15, -0.1) is 18.3 Å². The molecule has 2 aromatic carbocycles. The van der Waals surface area contributed by atoms with Crippen molar-refractivity contribution in [2.45, 2.75) is 62.8 Å². The SMILES string of the molecule is C=CCCCS[C@@H]1O[C@@H](C)[C@H](OCc2ccccc2)[C@@H](O)[C@H]1OCc1ccccc1. The van der Waals surface area contributed by atoms with Crippen LogP contribution in [0.4, 0.5) is 0 Å². The topological polar surface area (TPSA) is 47.9 Å². The highest BCUT2D eigenvalue weighted by Gasteiger charge is 2.45. The lowest BCUT2D eigenvalue weighted by Gasteiger charge is -2.43. The predicted octanol–water partition coefficient (Wildman–Crippen LogP) is 4.96. The Morgan fingerprint density at radius 3 is 2.10 bits per heavy atom. The number of allylic oxidation sites excluding steroid dienone is 1. The maximum atomic E-state index is 11.2. The fraction of sp³-hybridized carbons (Fsp3) is 0.440. The van der Waals surface area contributed by atoms with Crippen molar-refractivity contribution < 1.29 is 19.3 Å². The highest BCUT2D eigenvalue weighted by atomic mass is 32.2. The fourth-order valence-corrected chi connectivity index (χ4v) is 4.75. The van der Waals surface area contributed by atoms with Gasteiger partial charge in [-0.25, -0.2) is 0 Å². The van der Waals surface area contributed by atoms with Crippen molar-refractivity contribution >= 4 is 11.8 Å². The molecule has 3 rings (SSSR count). The van der Waals surface area contributed by atoms with E-state index < -0.39 is 18.3 Å². The Kier molecular flexibility index (Phi) is 9.43. The number of benzene rings is 2. The minimum Gasteiger partial charge on any atom is -0.387 e. The lowest BCUT2D eigenvalue weighted by Crippen LogP contribution is -2.57. The second-order valence-corrected chi connectivity index (χ2v) is 8.73. The summed E-state index contributed by atoms with van der Waals surface area (Å²) >= 11 is 1.69. The Labute approximate surface area is 184 Å². The first kappa shape index (κ1) is 23.0. The van der Waals surface area contributed by atoms with Crippen LogP contribution >= 0.6 is 11.8 Å². The zero-order valence-electron chi connectivity index (χ0n) is 17.6. The Balaban J connectivity index is 1.65. The molecule has 4 nitrogen and oxygen atoms in total. The number of aliphatic hydroxyl groups excluding tert-OH is 1. The van der Waals surface area contributed by atoms with Crippen molar-refractivity contribution in [3.63, 3.8) is 0 Å². The van der Waals surface area contributed by atoms with Crippen molar-refractivity contribution in [3.8, 4) is 0 Å². The number of hydrogen-bond donors (Lipinski definition) is 1. The lowest BCUT2D eigenvalue weighted by atomic mass is 10.00. The molecular weight excluding hydrogens is 396 g/mol. The van der Waals surface area contributed by atoms with Crippen LogP contribution in [0.15, 0.2) is 73.3 Å². The molecule has 1 aliphatic rings. The molecule has 0 aromatic heterocycles. The molecule has 1 saturated heterocycles. The van der Waals surface area contributed by atoms with E-state index in [4.69, 9.17) is 14.2 Å². The van der Waals surface area contributed by atoms with Crippen LogP contribution in [-0.2, 0) is 27.4 Å². The van der Waals surface area contributed by atoms with Crippen LogP contribution in [0.25, 0.3) is 0 Å². The number of ether oxygens (including phenoxy) is 3. The summed E-state index contributed by atoms with van der Waals surface area (Å²) in [7, 11) is 0. The molecule has 1 heterocycles. The van der Waals surface area contributed by atoms with Gasteiger partial charge in [-0.05, 0) is 36.6 Å². The maximum Gasteiger partial charge on any atom is 0.132 e. The number of rotatable bonds is 11. The van der Waals surface area contributed by atoms with E-state index in [1.165, 1.54) is 0 Å². The van der Waals surface area contributed by atoms with Crippen LogP contribution in [0, 0.1) is 0 Å². The van der Waals surface area contributed by atoms with Crippen LogP contribution in [0.5, 0.6) is 0 Å². The molecule has 0 amide bonds. The van der Waals surface area contributed by atoms with Gasteiger partial charge in [-0.1, -0.05) is 66.7 Å². The first-order valence-electron chi connectivity index (χ1n) is 10.6. The zero-order chi connectivity index (χ0) is 21.2. The van der Waals surface area contributed by atoms with Gasteiger partial charge in [0.15, 0.2) is 0 Å². The first-order chi connectivity index (χ1) is 14.7. The van der Waals surface area contributed by atoms with Crippen molar-refractivity contribution in [3.05, 3.63) is 84.4 Å². The molecule has 0 aliphatic carbocycles. The average Bonchev–Trinajstić information content (AvgIpc) is 2.77. The van der Waals surface area contributed by atoms with Gasteiger partial charge in [-0.3, -0.25) is 0 Å². The van der Waals surface area contributed by atoms with E-state index in [9.17, 15) is 5.11 Å². The maximum absolute atomic E-state index is 11.2. The second kappa shape index (κ2) is 12.3. The monoisotopic (exact) mass is 428 g/mol. The number of hydrogen-bond acceptors (Lipinski definition) is 5. The van der Waals surface area contributed by atoms with Crippen LogP contribution in [0.2, 0.25) is 0 Å². The number of thioether (sulfide) groups is 1. The Bertz CT molecular complexity index is 739. The van der Waals surface area contributed by atoms with Crippen molar-refractivity contribution in [1.29, 1.82) is 0 Å². The zero-order valence-corrected chi connectivity index (χ0v) is 18.4. The van der Waals surface area contributed by atoms with E-state index in [0.717, 1.165) is 29.7 Å². The van der Waals surface area contributed by atoms with E-state index in [2.05, 4.69) is 6.58 Å². The minimum atomic E-state index is -0.766. The average molecular weight is 429 g/mol. The van der Waals surface area contributed by atoms with Gasteiger partial charge >= 0.3 is 0 Å². The van der Waals surface area contributed by atoms with Gasteiger partial charge < -0.3 is 19.3 Å². The van der Waals surface area contributed by atoms with Crippen molar-refractivity contribution in [2.24, 2.45) is 0 Å². The lowest BCUT2D eigenvalue weighted by molar-refractivity contribution is -0.226. The molecule has 2 aromatic rings. The largest absolute Gasteiger partial charge is 0.387 e. The Morgan fingerprint density at radius 1 is 0.967 bits per heavy atom. The molecule has 1 fully saturated rings. The third kappa shape index (κ3) is 6.69. The molecule has 5 heteroatoms. The third-order valence-electron chi connectivity index (χ3n) is 5.16. The summed E-state index contributed by atoms with van der Waals surface area (Å²) in [5, 5.41) is 11.2. The summed E-state index contributed by atoms with van der Waals surface area (Å²) < 4.78 is 18.5. The Hall–Kier alpha value is -1.63. The van der Waals surface area contributed by atoms with Gasteiger partial charge in [0.2, 0.25) is 0 Å².